The fourth-order valence-corrected chi connectivity index (χ4v) is 1.33. The Labute approximate surface area is 76.9 Å². The third kappa shape index (κ3) is 2.17. The van der Waals surface area contributed by atoms with Crippen molar-refractivity contribution in [3.8, 4) is 0 Å². The van der Waals surface area contributed by atoms with E-state index in [2.05, 4.69) is 0 Å². The van der Waals surface area contributed by atoms with Crippen LogP contribution in [0, 0.1) is 5.92 Å². The molecule has 0 bridgehead atoms. The molecule has 0 amide bonds. The second-order valence-corrected chi connectivity index (χ2v) is 3.41. The molecule has 1 aliphatic rings. The molecule has 0 nitrogen and oxygen atoms in total. The third-order valence-corrected chi connectivity index (χ3v) is 2.41. The predicted molar refractivity (Wildman–Crippen MR) is 46.4 cm³/mol. The molecule has 0 saturated heterocycles. The highest BCUT2D eigenvalue weighted by Crippen LogP contribution is 2.37. The molecule has 1 atom stereocenters. The molecule has 1 aliphatic carbocycles. The molecule has 70 valence electrons. The SMILES string of the molecule is [B]C1=C(C)C(C)CC(C(F)(F)F)=C1. The predicted octanol–water partition coefficient (Wildman–Crippen LogP) is 2.96. The van der Waals surface area contributed by atoms with E-state index in [0.29, 0.717) is 0 Å². The van der Waals surface area contributed by atoms with Gasteiger partial charge in [-0.2, -0.15) is 13.2 Å². The summed E-state index contributed by atoms with van der Waals surface area (Å²) in [6.45, 7) is 3.52. The zero-order valence-electron chi connectivity index (χ0n) is 7.57. The van der Waals surface area contributed by atoms with Gasteiger partial charge in [0.2, 0.25) is 0 Å². The standard InChI is InChI=1S/C9H10BF3/c1-5-3-7(9(11,12)13)4-8(10)6(5)2/h4-5H,3H2,1-2H3. The van der Waals surface area contributed by atoms with Crippen molar-refractivity contribution < 1.29 is 13.2 Å². The van der Waals surface area contributed by atoms with E-state index in [4.69, 9.17) is 7.85 Å². The normalized spacial score (nSPS) is 24.7. The van der Waals surface area contributed by atoms with Crippen molar-refractivity contribution in [2.75, 3.05) is 0 Å². The van der Waals surface area contributed by atoms with Gasteiger partial charge in [0.25, 0.3) is 0 Å². The largest absolute Gasteiger partial charge is 0.412 e. The average Bonchev–Trinajstić information content (AvgIpc) is 1.97. The minimum Gasteiger partial charge on any atom is -0.166 e. The second kappa shape index (κ2) is 3.24. The minimum atomic E-state index is -4.24. The Morgan fingerprint density at radius 1 is 1.46 bits per heavy atom. The van der Waals surface area contributed by atoms with Gasteiger partial charge in [0.1, 0.15) is 7.85 Å². The van der Waals surface area contributed by atoms with Crippen LogP contribution in [0.25, 0.3) is 0 Å². The number of hydrogen-bond donors (Lipinski definition) is 0. The average molecular weight is 186 g/mol. The van der Waals surface area contributed by atoms with Gasteiger partial charge in [-0.05, 0) is 19.3 Å². The summed E-state index contributed by atoms with van der Waals surface area (Å²) < 4.78 is 36.8. The maximum atomic E-state index is 12.3. The molecule has 13 heavy (non-hydrogen) atoms. The van der Waals surface area contributed by atoms with E-state index in [9.17, 15) is 13.2 Å². The van der Waals surface area contributed by atoms with Gasteiger partial charge >= 0.3 is 6.18 Å². The Morgan fingerprint density at radius 2 is 2.00 bits per heavy atom. The van der Waals surface area contributed by atoms with Crippen LogP contribution in [0.5, 0.6) is 0 Å². The lowest BCUT2D eigenvalue weighted by Crippen LogP contribution is -2.19. The summed E-state index contributed by atoms with van der Waals surface area (Å²) in [5.74, 6) is -0.110. The van der Waals surface area contributed by atoms with Crippen molar-refractivity contribution in [2.24, 2.45) is 5.92 Å². The number of alkyl halides is 3. The van der Waals surface area contributed by atoms with Crippen molar-refractivity contribution in [3.05, 3.63) is 22.7 Å². The summed E-state index contributed by atoms with van der Waals surface area (Å²) in [6, 6.07) is 0. The van der Waals surface area contributed by atoms with Crippen LogP contribution < -0.4 is 0 Å². The van der Waals surface area contributed by atoms with E-state index >= 15 is 0 Å². The fourth-order valence-electron chi connectivity index (χ4n) is 1.33. The highest BCUT2D eigenvalue weighted by Gasteiger charge is 2.35. The lowest BCUT2D eigenvalue weighted by molar-refractivity contribution is -0.0951. The summed E-state index contributed by atoms with van der Waals surface area (Å²) in [6.07, 6.45) is -3.16. The van der Waals surface area contributed by atoms with E-state index in [1.807, 2.05) is 0 Å². The monoisotopic (exact) mass is 186 g/mol. The molecule has 0 aromatic heterocycles. The van der Waals surface area contributed by atoms with E-state index in [0.717, 1.165) is 11.6 Å². The molecule has 2 radical (unpaired) electrons. The molecule has 4 heteroatoms. The van der Waals surface area contributed by atoms with E-state index in [1.54, 1.807) is 13.8 Å². The molecule has 0 saturated carbocycles. The Hall–Kier alpha value is -0.665. The van der Waals surface area contributed by atoms with Gasteiger partial charge in [-0.3, -0.25) is 0 Å². The first-order valence-corrected chi connectivity index (χ1v) is 4.06. The summed E-state index contributed by atoms with van der Waals surface area (Å²) in [5, 5.41) is 0. The summed E-state index contributed by atoms with van der Waals surface area (Å²) >= 11 is 0. The van der Waals surface area contributed by atoms with Gasteiger partial charge < -0.3 is 0 Å². The molecular formula is C9H10BF3. The lowest BCUT2D eigenvalue weighted by Gasteiger charge is -2.24. The van der Waals surface area contributed by atoms with Crippen LogP contribution in [-0.2, 0) is 0 Å². The zero-order chi connectivity index (χ0) is 10.2. The molecule has 0 spiro atoms. The minimum absolute atomic E-state index is 0.0377. The van der Waals surface area contributed by atoms with Gasteiger partial charge in [0.15, 0.2) is 0 Å². The van der Waals surface area contributed by atoms with Crippen molar-refractivity contribution in [2.45, 2.75) is 26.4 Å². The number of hydrogen-bond acceptors (Lipinski definition) is 0. The Bertz CT molecular complexity index is 273. The quantitative estimate of drug-likeness (QED) is 0.510. The van der Waals surface area contributed by atoms with Crippen LogP contribution in [0.15, 0.2) is 22.7 Å². The highest BCUT2D eigenvalue weighted by atomic mass is 19.4. The van der Waals surface area contributed by atoms with Crippen molar-refractivity contribution >= 4 is 7.85 Å². The molecule has 0 aliphatic heterocycles. The van der Waals surface area contributed by atoms with E-state index in [-0.39, 0.29) is 17.8 Å². The van der Waals surface area contributed by atoms with Crippen molar-refractivity contribution in [1.82, 2.24) is 0 Å². The first kappa shape index (κ1) is 10.4. The molecule has 0 N–H and O–H groups in total. The van der Waals surface area contributed by atoms with Gasteiger partial charge in [-0.1, -0.05) is 24.0 Å². The van der Waals surface area contributed by atoms with Crippen LogP contribution in [0.2, 0.25) is 0 Å². The Balaban J connectivity index is 3.00. The molecule has 0 aromatic rings. The highest BCUT2D eigenvalue weighted by molar-refractivity contribution is 6.24. The summed E-state index contributed by atoms with van der Waals surface area (Å²) in [7, 11) is 5.46. The topological polar surface area (TPSA) is 0 Å². The number of allylic oxidation sites excluding steroid dienone is 4. The molecule has 0 fully saturated rings. The zero-order valence-corrected chi connectivity index (χ0v) is 7.57. The first-order valence-electron chi connectivity index (χ1n) is 4.06. The maximum absolute atomic E-state index is 12.3. The van der Waals surface area contributed by atoms with Crippen molar-refractivity contribution in [3.63, 3.8) is 0 Å². The van der Waals surface area contributed by atoms with Crippen LogP contribution >= 0.6 is 0 Å². The van der Waals surface area contributed by atoms with Crippen LogP contribution in [0.4, 0.5) is 13.2 Å². The molecule has 0 aromatic carbocycles. The van der Waals surface area contributed by atoms with Crippen LogP contribution in [0.1, 0.15) is 20.3 Å². The third-order valence-electron chi connectivity index (χ3n) is 2.41. The molecule has 1 unspecified atom stereocenters. The van der Waals surface area contributed by atoms with Gasteiger partial charge in [0.05, 0.1) is 0 Å². The maximum Gasteiger partial charge on any atom is 0.412 e. The van der Waals surface area contributed by atoms with Crippen LogP contribution in [-0.4, -0.2) is 14.0 Å². The van der Waals surface area contributed by atoms with Crippen LogP contribution in [0.3, 0.4) is 0 Å². The molecule has 0 heterocycles. The molecular weight excluding hydrogens is 176 g/mol. The fraction of sp³-hybridized carbons (Fsp3) is 0.556. The lowest BCUT2D eigenvalue weighted by atomic mass is 9.77. The number of halogens is 3. The van der Waals surface area contributed by atoms with E-state index in [1.165, 1.54) is 0 Å². The van der Waals surface area contributed by atoms with Gasteiger partial charge in [-0.25, -0.2) is 0 Å². The Morgan fingerprint density at radius 3 is 2.38 bits per heavy atom. The van der Waals surface area contributed by atoms with Gasteiger partial charge in [-0.15, -0.1) is 0 Å². The second-order valence-electron chi connectivity index (χ2n) is 3.41. The summed E-state index contributed by atoms with van der Waals surface area (Å²) in [4.78, 5) is 0. The first-order chi connectivity index (χ1) is 5.82. The summed E-state index contributed by atoms with van der Waals surface area (Å²) in [5.41, 5.74) is 0.571. The van der Waals surface area contributed by atoms with Gasteiger partial charge in [0, 0.05) is 5.57 Å². The Kier molecular flexibility index (Phi) is 2.59. The molecule has 1 rings (SSSR count). The number of rotatable bonds is 0. The van der Waals surface area contributed by atoms with E-state index < -0.39 is 11.7 Å². The smallest absolute Gasteiger partial charge is 0.166 e. The van der Waals surface area contributed by atoms with Crippen molar-refractivity contribution in [1.29, 1.82) is 0 Å².